The number of oxime groups is 1. The molecule has 63 heavy (non-hydrogen) atoms. The monoisotopic (exact) mass is 859 g/mol. The van der Waals surface area contributed by atoms with E-state index in [1.165, 1.54) is 31.4 Å². The minimum atomic E-state index is -1.48. The van der Waals surface area contributed by atoms with Gasteiger partial charge in [0.15, 0.2) is 0 Å². The van der Waals surface area contributed by atoms with E-state index in [4.69, 9.17) is 23.8 Å². The Morgan fingerprint density at radius 3 is 2.29 bits per heavy atom. The molecule has 2 aliphatic carbocycles. The number of benzene rings is 4. The average Bonchev–Trinajstić information content (AvgIpc) is 3.30. The van der Waals surface area contributed by atoms with Crippen LogP contribution in [0.5, 0.6) is 23.0 Å². The second kappa shape index (κ2) is 20.9. The number of nitrogens with zero attached hydrogens (tertiary/aromatic N) is 3. The van der Waals surface area contributed by atoms with Gasteiger partial charge < -0.3 is 34.0 Å². The van der Waals surface area contributed by atoms with Crippen molar-refractivity contribution in [2.75, 3.05) is 33.5 Å². The Balaban J connectivity index is 1.36. The number of unbranched alkanes of at least 4 members (excludes halogenated alkanes) is 2. The second-order valence-corrected chi connectivity index (χ2v) is 16.3. The third-order valence-electron chi connectivity index (χ3n) is 12.4. The topological polar surface area (TPSA) is 162 Å². The number of rotatable bonds is 20. The molecule has 0 saturated heterocycles. The number of ether oxygens (including phenoxy) is 4. The number of hydrogen-bond donors (Lipinski definition) is 2. The van der Waals surface area contributed by atoms with Crippen molar-refractivity contribution in [3.8, 4) is 34.1 Å². The molecular formula is C50H57N3O10. The molecule has 1 heterocycles. The molecule has 6 unspecified atom stereocenters. The van der Waals surface area contributed by atoms with E-state index in [9.17, 15) is 25.1 Å². The zero-order chi connectivity index (χ0) is 44.3. The lowest BCUT2D eigenvalue weighted by atomic mass is 9.55. The number of carbonyl (C=O) groups is 1. The van der Waals surface area contributed by atoms with Crippen LogP contribution < -0.4 is 14.2 Å². The van der Waals surface area contributed by atoms with Gasteiger partial charge in [0.1, 0.15) is 36.1 Å². The van der Waals surface area contributed by atoms with Gasteiger partial charge in [-0.15, -0.1) is 6.58 Å². The first kappa shape index (κ1) is 45.0. The number of nitro benzene ring substituents is 1. The van der Waals surface area contributed by atoms with Crippen molar-refractivity contribution >= 4 is 17.5 Å². The largest absolute Gasteiger partial charge is 0.459 e. The Morgan fingerprint density at radius 2 is 1.62 bits per heavy atom. The van der Waals surface area contributed by atoms with Gasteiger partial charge in [0.2, 0.25) is 5.79 Å². The Bertz CT molecular complexity index is 2250. The van der Waals surface area contributed by atoms with Gasteiger partial charge in [0, 0.05) is 49.8 Å². The maximum absolute atomic E-state index is 14.5. The number of non-ortho nitro benzene ring substituents is 1. The van der Waals surface area contributed by atoms with E-state index in [0.29, 0.717) is 42.2 Å². The third kappa shape index (κ3) is 9.81. The molecule has 13 nitrogen and oxygen atoms in total. The SMILES string of the molecule is C=CCOC12Oc3ccc(Oc4ccc(-c5ccccc5)cc4)cc3C3C(CCCCO)C(CCCCO)C=C(C(=NOC)CC1N(CCC)C(=O)Oc1ccc([N+](=O)[O-])cc1)C32. The predicted molar refractivity (Wildman–Crippen MR) is 240 cm³/mol. The molecule has 4 aromatic carbocycles. The Labute approximate surface area is 368 Å². The van der Waals surface area contributed by atoms with Gasteiger partial charge in [-0.3, -0.25) is 15.0 Å². The van der Waals surface area contributed by atoms with Gasteiger partial charge in [-0.1, -0.05) is 79.5 Å². The lowest BCUT2D eigenvalue weighted by molar-refractivity contribution is -0.384. The number of fused-ring (bicyclic) bond motifs is 2. The van der Waals surface area contributed by atoms with Crippen molar-refractivity contribution < 1.29 is 43.7 Å². The van der Waals surface area contributed by atoms with E-state index >= 15 is 0 Å². The van der Waals surface area contributed by atoms with Crippen molar-refractivity contribution in [1.29, 1.82) is 0 Å². The van der Waals surface area contributed by atoms with Crippen LogP contribution in [-0.4, -0.2) is 77.1 Å². The smallest absolute Gasteiger partial charge is 0.415 e. The molecule has 332 valence electrons. The number of hydrogen-bond acceptors (Lipinski definition) is 11. The number of carbonyl (C=O) groups excluding carboxylic acids is 1. The van der Waals surface area contributed by atoms with Crippen LogP contribution in [-0.2, 0) is 9.57 Å². The lowest BCUT2D eigenvalue weighted by Crippen LogP contribution is -2.70. The predicted octanol–water partition coefficient (Wildman–Crippen LogP) is 10.2. The Kier molecular flexibility index (Phi) is 14.9. The first-order valence-electron chi connectivity index (χ1n) is 21.9. The molecule has 1 saturated carbocycles. The molecule has 2 N–H and O–H groups in total. The molecule has 6 atom stereocenters. The molecule has 4 aromatic rings. The first-order chi connectivity index (χ1) is 30.7. The average molecular weight is 860 g/mol. The molecule has 7 rings (SSSR count). The summed E-state index contributed by atoms with van der Waals surface area (Å²) in [6.07, 6.45) is 8.50. The molecule has 0 spiro atoms. The summed E-state index contributed by atoms with van der Waals surface area (Å²) in [5.41, 5.74) is 4.54. The van der Waals surface area contributed by atoms with Crippen LogP contribution in [0.1, 0.15) is 69.8 Å². The second-order valence-electron chi connectivity index (χ2n) is 16.3. The van der Waals surface area contributed by atoms with Crippen LogP contribution in [0.2, 0.25) is 0 Å². The van der Waals surface area contributed by atoms with Crippen molar-refractivity contribution in [3.05, 3.63) is 137 Å². The van der Waals surface area contributed by atoms with Crippen LogP contribution in [0.4, 0.5) is 10.5 Å². The highest BCUT2D eigenvalue weighted by atomic mass is 16.7. The normalized spacial score (nSPS) is 22.8. The summed E-state index contributed by atoms with van der Waals surface area (Å²) in [5, 5.41) is 35.8. The molecule has 0 aromatic heterocycles. The molecule has 0 radical (unpaired) electrons. The Morgan fingerprint density at radius 1 is 0.937 bits per heavy atom. The van der Waals surface area contributed by atoms with E-state index < -0.39 is 28.8 Å². The van der Waals surface area contributed by atoms with Crippen LogP contribution in [0.15, 0.2) is 127 Å². The Hall–Kier alpha value is -6.02. The fourth-order valence-corrected chi connectivity index (χ4v) is 9.71. The summed E-state index contributed by atoms with van der Waals surface area (Å²) < 4.78 is 26.8. The number of nitro groups is 1. The summed E-state index contributed by atoms with van der Waals surface area (Å²) in [4.78, 5) is 32.6. The van der Waals surface area contributed by atoms with Crippen LogP contribution in [0, 0.1) is 27.9 Å². The van der Waals surface area contributed by atoms with Gasteiger partial charge in [0.05, 0.1) is 23.2 Å². The molecular weight excluding hydrogens is 803 g/mol. The summed E-state index contributed by atoms with van der Waals surface area (Å²) in [5.74, 6) is -0.121. The maximum Gasteiger partial charge on any atom is 0.415 e. The third-order valence-corrected chi connectivity index (χ3v) is 12.4. The molecule has 1 fully saturated rings. The van der Waals surface area contributed by atoms with Gasteiger partial charge in [0.25, 0.3) is 5.69 Å². The summed E-state index contributed by atoms with van der Waals surface area (Å²) in [6, 6.07) is 28.6. The summed E-state index contributed by atoms with van der Waals surface area (Å²) >= 11 is 0. The molecule has 1 amide bonds. The summed E-state index contributed by atoms with van der Waals surface area (Å²) in [6.45, 7) is 6.49. The fourth-order valence-electron chi connectivity index (χ4n) is 9.71. The zero-order valence-electron chi connectivity index (χ0n) is 36.0. The highest BCUT2D eigenvalue weighted by molar-refractivity contribution is 6.03. The molecule has 0 bridgehead atoms. The number of allylic oxidation sites excluding steroid dienone is 1. The molecule has 1 aliphatic heterocycles. The number of amides is 1. The van der Waals surface area contributed by atoms with Gasteiger partial charge >= 0.3 is 6.09 Å². The van der Waals surface area contributed by atoms with Crippen molar-refractivity contribution in [2.24, 2.45) is 22.9 Å². The standard InChI is InChI=1S/C50H57N3O10/c1-4-27-52(49(56)62-39-23-19-37(20-24-39)53(57)58)46-33-44(51-59-3)42-31-36(15-9-11-28-54)41(16-10-12-29-55)47-43-32-40(25-26-45(43)63-50(46,48(42)47)60-30-5-2)61-38-21-17-35(18-22-38)34-13-7-6-8-14-34/h5-8,13-14,17-26,31-32,36,41,46-48,54-55H,2,4,9-12,15-16,27-30,33H2,1,3H3. The van der Waals surface area contributed by atoms with E-state index in [2.05, 4.69) is 36.0 Å². The van der Waals surface area contributed by atoms with E-state index in [1.54, 1.807) is 11.0 Å². The van der Waals surface area contributed by atoms with Crippen molar-refractivity contribution in [1.82, 2.24) is 4.90 Å². The quantitative estimate of drug-likeness (QED) is 0.0379. The fraction of sp³-hybridized carbons (Fsp3) is 0.400. The summed E-state index contributed by atoms with van der Waals surface area (Å²) in [7, 11) is 1.50. The van der Waals surface area contributed by atoms with Crippen LogP contribution in [0.25, 0.3) is 11.1 Å². The highest BCUT2D eigenvalue weighted by Gasteiger charge is 2.65. The molecule has 13 heteroatoms. The van der Waals surface area contributed by atoms with Gasteiger partial charge in [-0.2, -0.15) is 0 Å². The highest BCUT2D eigenvalue weighted by Crippen LogP contribution is 2.62. The van der Waals surface area contributed by atoms with Crippen molar-refractivity contribution in [3.63, 3.8) is 0 Å². The van der Waals surface area contributed by atoms with Gasteiger partial charge in [-0.05, 0) is 103 Å². The minimum absolute atomic E-state index is 0.0213. The van der Waals surface area contributed by atoms with E-state index in [0.717, 1.165) is 47.9 Å². The van der Waals surface area contributed by atoms with E-state index in [1.807, 2.05) is 61.5 Å². The van der Waals surface area contributed by atoms with Crippen LogP contribution in [0.3, 0.4) is 0 Å². The first-order valence-corrected chi connectivity index (χ1v) is 21.9. The minimum Gasteiger partial charge on any atom is -0.459 e. The number of aliphatic hydroxyl groups is 2. The van der Waals surface area contributed by atoms with Crippen molar-refractivity contribution in [2.45, 2.75) is 76.0 Å². The zero-order valence-corrected chi connectivity index (χ0v) is 36.0. The van der Waals surface area contributed by atoms with Gasteiger partial charge in [-0.25, -0.2) is 4.79 Å². The lowest BCUT2D eigenvalue weighted by Gasteiger charge is -2.59. The maximum atomic E-state index is 14.5. The van der Waals surface area contributed by atoms with E-state index in [-0.39, 0.29) is 62.0 Å². The molecule has 3 aliphatic rings. The number of aliphatic hydroxyl groups excluding tert-OH is 2. The van der Waals surface area contributed by atoms with Crippen LogP contribution >= 0.6 is 0 Å².